The molecule has 0 aromatic heterocycles. The van der Waals surface area contributed by atoms with Crippen LogP contribution in [0.25, 0.3) is 0 Å². The zero-order valence-electron chi connectivity index (χ0n) is 17.8. The van der Waals surface area contributed by atoms with Crippen molar-refractivity contribution in [2.45, 2.75) is 14.7 Å². The van der Waals surface area contributed by atoms with Crippen LogP contribution < -0.4 is 14.2 Å². The van der Waals surface area contributed by atoms with Crippen LogP contribution in [0.1, 0.15) is 0 Å². The molecular weight excluding hydrogens is 480 g/mol. The molecule has 3 heterocycles. The number of fused-ring (bicyclic) bond motifs is 3. The zero-order chi connectivity index (χ0) is 23.1. The van der Waals surface area contributed by atoms with Crippen LogP contribution in [0.3, 0.4) is 0 Å². The molecular formula is C24H24O6S3. The van der Waals surface area contributed by atoms with Gasteiger partial charge in [-0.15, -0.1) is 11.8 Å². The van der Waals surface area contributed by atoms with Crippen LogP contribution in [0.5, 0.6) is 17.2 Å². The van der Waals surface area contributed by atoms with Gasteiger partial charge in [-0.05, 0) is 36.4 Å². The highest BCUT2D eigenvalue weighted by atomic mass is 32.2. The molecule has 3 aliphatic heterocycles. The molecule has 0 amide bonds. The van der Waals surface area contributed by atoms with E-state index >= 15 is 0 Å². The van der Waals surface area contributed by atoms with E-state index in [2.05, 4.69) is 6.07 Å². The maximum Gasteiger partial charge on any atom is 0.185 e. The number of hydrogen-bond donors (Lipinski definition) is 0. The highest BCUT2D eigenvalue weighted by molar-refractivity contribution is 7.99. The Morgan fingerprint density at radius 1 is 0.727 bits per heavy atom. The Labute approximate surface area is 200 Å². The molecule has 0 saturated carbocycles. The topological polar surface area (TPSA) is 78.9 Å². The van der Waals surface area contributed by atoms with Gasteiger partial charge in [-0.2, -0.15) is 0 Å². The Bertz CT molecular complexity index is 1200. The minimum absolute atomic E-state index is 0.0873. The van der Waals surface area contributed by atoms with Crippen molar-refractivity contribution < 1.29 is 26.8 Å². The van der Waals surface area contributed by atoms with Crippen molar-refractivity contribution >= 4 is 32.4 Å². The van der Waals surface area contributed by atoms with E-state index in [-0.39, 0.29) is 12.4 Å². The van der Waals surface area contributed by atoms with E-state index in [1.807, 2.05) is 54.2 Å². The van der Waals surface area contributed by atoms with Crippen LogP contribution in [-0.2, 0) is 20.6 Å². The lowest BCUT2D eigenvalue weighted by Crippen LogP contribution is -2.20. The number of benzene rings is 3. The second-order valence-electron chi connectivity index (χ2n) is 7.10. The Kier molecular flexibility index (Phi) is 7.95. The highest BCUT2D eigenvalue weighted by Gasteiger charge is 2.23. The summed E-state index contributed by atoms with van der Waals surface area (Å²) in [5, 5.41) is 0. The summed E-state index contributed by atoms with van der Waals surface area (Å²) in [6.45, 7) is 1.69. The molecule has 0 N–H and O–H groups in total. The molecule has 0 spiro atoms. The third-order valence-corrected chi connectivity index (χ3v) is 8.96. The van der Waals surface area contributed by atoms with E-state index in [0.29, 0.717) is 23.0 Å². The van der Waals surface area contributed by atoms with Crippen molar-refractivity contribution in [1.29, 1.82) is 0 Å². The van der Waals surface area contributed by atoms with Crippen molar-refractivity contribution in [3.05, 3.63) is 72.8 Å². The van der Waals surface area contributed by atoms with Crippen molar-refractivity contribution in [1.82, 2.24) is 0 Å². The molecule has 33 heavy (non-hydrogen) atoms. The summed E-state index contributed by atoms with van der Waals surface area (Å²) in [6.07, 6.45) is 0. The van der Waals surface area contributed by atoms with Crippen LogP contribution in [0.4, 0.5) is 0 Å². The minimum atomic E-state index is -3.07. The van der Waals surface area contributed by atoms with Crippen LogP contribution >= 0.6 is 11.8 Å². The second-order valence-corrected chi connectivity index (χ2v) is 11.9. The third-order valence-electron chi connectivity index (χ3n) is 4.86. The van der Waals surface area contributed by atoms with Gasteiger partial charge in [0.15, 0.2) is 9.84 Å². The van der Waals surface area contributed by atoms with Gasteiger partial charge in [-0.25, -0.2) is 8.42 Å². The number of para-hydroxylation sites is 3. The maximum absolute atomic E-state index is 11.4. The van der Waals surface area contributed by atoms with Gasteiger partial charge in [0.1, 0.15) is 35.4 Å². The van der Waals surface area contributed by atoms with Gasteiger partial charge in [0.25, 0.3) is 0 Å². The fraction of sp³-hybridized carbons (Fsp3) is 0.250. The van der Waals surface area contributed by atoms with Crippen molar-refractivity contribution in [2.75, 3.05) is 37.1 Å². The predicted octanol–water partition coefficient (Wildman–Crippen LogP) is 4.21. The van der Waals surface area contributed by atoms with E-state index in [0.717, 1.165) is 28.8 Å². The van der Waals surface area contributed by atoms with E-state index in [1.54, 1.807) is 24.3 Å². The monoisotopic (exact) mass is 504 g/mol. The second kappa shape index (κ2) is 11.1. The lowest BCUT2D eigenvalue weighted by atomic mass is 10.3. The summed E-state index contributed by atoms with van der Waals surface area (Å²) < 4.78 is 50.0. The van der Waals surface area contributed by atoms with Crippen LogP contribution in [-0.4, -0.2) is 49.7 Å². The summed E-state index contributed by atoms with van der Waals surface area (Å²) in [6, 6.07) is 22.3. The Hall–Kier alpha value is -2.49. The number of ether oxygens (including phenoxy) is 3. The van der Waals surface area contributed by atoms with Crippen LogP contribution in [0.15, 0.2) is 87.5 Å². The normalized spacial score (nSPS) is 19.1. The number of sulfone groups is 1. The molecule has 0 radical (unpaired) electrons. The van der Waals surface area contributed by atoms with Gasteiger partial charge >= 0.3 is 0 Å². The molecule has 9 heteroatoms. The highest BCUT2D eigenvalue weighted by Crippen LogP contribution is 2.32. The third kappa shape index (κ3) is 6.10. The summed E-state index contributed by atoms with van der Waals surface area (Å²) in [5.74, 6) is 4.08. The van der Waals surface area contributed by atoms with E-state index in [4.69, 9.17) is 14.2 Å². The lowest BCUT2D eigenvalue weighted by Gasteiger charge is -2.16. The van der Waals surface area contributed by atoms with Gasteiger partial charge in [0.2, 0.25) is 0 Å². The molecule has 1 atom stereocenters. The zero-order valence-corrected chi connectivity index (χ0v) is 20.3. The Morgan fingerprint density at radius 2 is 1.36 bits per heavy atom. The maximum atomic E-state index is 11.4. The molecule has 0 saturated heterocycles. The fourth-order valence-electron chi connectivity index (χ4n) is 3.28. The van der Waals surface area contributed by atoms with Crippen molar-refractivity contribution in [3.63, 3.8) is 0 Å². The first-order chi connectivity index (χ1) is 16.0. The standard InChI is InChI=1S/C8H8O3S.C8H8O2S.C8H8OS/c9-12(10)6-5-11-7-3-1-2-4-8(7)12;9-11-6-5-10-7-3-1-2-4-8(7)11;1-2-4-8-7(3-1)9-5-6-10-8/h1-4H,5-6H2;1-4H,5-6H2;1-4H,5-6H2. The number of rotatable bonds is 0. The molecule has 0 fully saturated rings. The van der Waals surface area contributed by atoms with Crippen molar-refractivity contribution in [3.8, 4) is 17.2 Å². The molecule has 3 aliphatic rings. The van der Waals surface area contributed by atoms with Crippen LogP contribution in [0.2, 0.25) is 0 Å². The van der Waals surface area contributed by atoms with Crippen molar-refractivity contribution in [2.24, 2.45) is 0 Å². The smallest absolute Gasteiger partial charge is 0.185 e. The summed E-state index contributed by atoms with van der Waals surface area (Å²) >= 11 is 1.86. The molecule has 0 bridgehead atoms. The largest absolute Gasteiger partial charge is 0.492 e. The summed E-state index contributed by atoms with van der Waals surface area (Å²) in [5.41, 5.74) is 0. The number of hydrogen-bond acceptors (Lipinski definition) is 7. The first kappa shape index (κ1) is 23.7. The van der Waals surface area contributed by atoms with E-state index in [1.165, 1.54) is 4.90 Å². The van der Waals surface area contributed by atoms with Gasteiger partial charge < -0.3 is 14.2 Å². The SMILES string of the molecule is O=S1(=O)CCOc2ccccc21.O=S1CCOc2ccccc21.c1ccc2c(c1)OCCS2. The molecule has 1 unspecified atom stereocenters. The number of thioether (sulfide) groups is 1. The molecule has 3 aromatic rings. The molecule has 0 aliphatic carbocycles. The summed E-state index contributed by atoms with van der Waals surface area (Å²) in [4.78, 5) is 2.42. The van der Waals surface area contributed by atoms with Gasteiger partial charge in [0, 0.05) is 10.6 Å². The quantitative estimate of drug-likeness (QED) is 0.454. The average molecular weight is 505 g/mol. The average Bonchev–Trinajstić information content (AvgIpc) is 2.85. The van der Waals surface area contributed by atoms with Crippen LogP contribution in [0, 0.1) is 0 Å². The first-order valence-electron chi connectivity index (χ1n) is 10.4. The molecule has 6 rings (SSSR count). The van der Waals surface area contributed by atoms with Gasteiger partial charge in [-0.3, -0.25) is 4.21 Å². The summed E-state index contributed by atoms with van der Waals surface area (Å²) in [7, 11) is -3.91. The van der Waals surface area contributed by atoms with E-state index < -0.39 is 20.6 Å². The molecule has 3 aromatic carbocycles. The van der Waals surface area contributed by atoms with Gasteiger partial charge in [0.05, 0.1) is 33.8 Å². The first-order valence-corrected chi connectivity index (χ1v) is 14.4. The Balaban J connectivity index is 0.000000118. The molecule has 174 valence electrons. The fourth-order valence-corrected chi connectivity index (χ4v) is 6.39. The Morgan fingerprint density at radius 3 is 2.12 bits per heavy atom. The molecule has 6 nitrogen and oxygen atoms in total. The lowest BCUT2D eigenvalue weighted by molar-refractivity contribution is 0.322. The minimum Gasteiger partial charge on any atom is -0.492 e. The van der Waals surface area contributed by atoms with E-state index in [9.17, 15) is 12.6 Å². The van der Waals surface area contributed by atoms with Gasteiger partial charge in [-0.1, -0.05) is 36.4 Å². The predicted molar refractivity (Wildman–Crippen MR) is 130 cm³/mol.